The van der Waals surface area contributed by atoms with Gasteiger partial charge in [-0.2, -0.15) is 0 Å². The maximum atomic E-state index is 12.1. The average molecular weight is 288 g/mol. The van der Waals surface area contributed by atoms with Crippen molar-refractivity contribution in [3.63, 3.8) is 0 Å². The fourth-order valence-corrected chi connectivity index (χ4v) is 1.75. The lowest BCUT2D eigenvalue weighted by molar-refractivity contribution is 0.0921. The van der Waals surface area contributed by atoms with Crippen LogP contribution in [-0.2, 0) is 4.74 Å². The van der Waals surface area contributed by atoms with Gasteiger partial charge in [-0.1, -0.05) is 25.7 Å². The van der Waals surface area contributed by atoms with Crippen LogP contribution in [0, 0.1) is 17.3 Å². The molecule has 0 aromatic heterocycles. The van der Waals surface area contributed by atoms with Crippen molar-refractivity contribution in [1.29, 1.82) is 0 Å². The van der Waals surface area contributed by atoms with Crippen LogP contribution in [-0.4, -0.2) is 32.7 Å². The molecule has 0 radical (unpaired) electrons. The molecule has 0 bridgehead atoms. The Morgan fingerprint density at radius 2 is 2.00 bits per heavy atom. The molecule has 4 nitrogen and oxygen atoms in total. The Morgan fingerprint density at radius 3 is 2.57 bits per heavy atom. The van der Waals surface area contributed by atoms with Crippen LogP contribution in [0.25, 0.3) is 0 Å². The number of ether oxygens (including phenoxy) is 1. The van der Waals surface area contributed by atoms with Crippen molar-refractivity contribution in [1.82, 2.24) is 5.32 Å². The maximum absolute atomic E-state index is 12.1. The molecule has 1 aromatic rings. The Balaban J connectivity index is 2.56. The molecule has 0 saturated heterocycles. The Hall–Kier alpha value is -1.83. The first kappa shape index (κ1) is 17.2. The van der Waals surface area contributed by atoms with Gasteiger partial charge < -0.3 is 15.8 Å². The molecule has 1 amide bonds. The minimum Gasteiger partial charge on any atom is -0.385 e. The first-order valence-electron chi connectivity index (χ1n) is 7.04. The summed E-state index contributed by atoms with van der Waals surface area (Å²) >= 11 is 0. The molecule has 0 saturated carbocycles. The minimum atomic E-state index is -0.0705. The molecule has 0 aliphatic rings. The Labute approximate surface area is 127 Å². The Kier molecular flexibility index (Phi) is 6.93. The smallest absolute Gasteiger partial charge is 0.251 e. The molecule has 1 rings (SSSR count). The molecule has 3 N–H and O–H groups in total. The zero-order valence-electron chi connectivity index (χ0n) is 13.0. The van der Waals surface area contributed by atoms with Gasteiger partial charge in [0.05, 0.1) is 6.54 Å². The van der Waals surface area contributed by atoms with E-state index in [-0.39, 0.29) is 11.3 Å². The second kappa shape index (κ2) is 8.46. The van der Waals surface area contributed by atoms with Crippen LogP contribution in [0.2, 0.25) is 0 Å². The molecule has 0 aliphatic carbocycles. The van der Waals surface area contributed by atoms with Crippen molar-refractivity contribution < 1.29 is 9.53 Å². The first-order valence-corrected chi connectivity index (χ1v) is 7.04. The molecule has 1 aromatic carbocycles. The number of nitrogens with one attached hydrogen (secondary N) is 1. The van der Waals surface area contributed by atoms with Gasteiger partial charge in [0.15, 0.2) is 0 Å². The lowest BCUT2D eigenvalue weighted by Gasteiger charge is -2.24. The van der Waals surface area contributed by atoms with E-state index >= 15 is 0 Å². The highest BCUT2D eigenvalue weighted by atomic mass is 16.5. The largest absolute Gasteiger partial charge is 0.385 e. The van der Waals surface area contributed by atoms with E-state index in [0.717, 1.165) is 12.0 Å². The van der Waals surface area contributed by atoms with Crippen LogP contribution in [0.15, 0.2) is 24.3 Å². The summed E-state index contributed by atoms with van der Waals surface area (Å²) in [6, 6.07) is 7.21. The Morgan fingerprint density at radius 1 is 1.33 bits per heavy atom. The van der Waals surface area contributed by atoms with E-state index in [1.54, 1.807) is 19.2 Å². The lowest BCUT2D eigenvalue weighted by Crippen LogP contribution is -2.34. The number of hydrogen-bond donors (Lipinski definition) is 2. The van der Waals surface area contributed by atoms with Gasteiger partial charge in [0.1, 0.15) is 0 Å². The molecular weight excluding hydrogens is 264 g/mol. The third kappa shape index (κ3) is 6.44. The van der Waals surface area contributed by atoms with Gasteiger partial charge >= 0.3 is 0 Å². The standard InChI is InChI=1S/C17H24N2O2/c1-17(2,10-12-21-3)13-19-16(20)15-8-6-14(7-9-15)5-4-11-18/h6-9H,10-13,18H2,1-3H3,(H,19,20). The minimum absolute atomic E-state index is 0.0121. The first-order chi connectivity index (χ1) is 9.98. The number of benzene rings is 1. The van der Waals surface area contributed by atoms with Gasteiger partial charge in [-0.3, -0.25) is 4.79 Å². The van der Waals surface area contributed by atoms with Crippen molar-refractivity contribution in [2.75, 3.05) is 26.8 Å². The molecule has 0 heterocycles. The van der Waals surface area contributed by atoms with Crippen molar-refractivity contribution in [3.8, 4) is 11.8 Å². The topological polar surface area (TPSA) is 64.3 Å². The van der Waals surface area contributed by atoms with E-state index in [2.05, 4.69) is 31.0 Å². The molecule has 114 valence electrons. The van der Waals surface area contributed by atoms with E-state index in [9.17, 15) is 4.79 Å². The molecule has 0 fully saturated rings. The van der Waals surface area contributed by atoms with Gasteiger partial charge in [0, 0.05) is 31.4 Å². The highest BCUT2D eigenvalue weighted by Gasteiger charge is 2.18. The number of amides is 1. The molecule has 0 atom stereocenters. The van der Waals surface area contributed by atoms with Crippen LogP contribution < -0.4 is 11.1 Å². The monoisotopic (exact) mass is 288 g/mol. The number of rotatable bonds is 6. The van der Waals surface area contributed by atoms with Gasteiger partial charge in [-0.05, 0) is 36.1 Å². The van der Waals surface area contributed by atoms with E-state index in [0.29, 0.717) is 25.3 Å². The van der Waals surface area contributed by atoms with Crippen LogP contribution in [0.5, 0.6) is 0 Å². The van der Waals surface area contributed by atoms with E-state index in [1.165, 1.54) is 0 Å². The predicted molar refractivity (Wildman–Crippen MR) is 85.0 cm³/mol. The van der Waals surface area contributed by atoms with Gasteiger partial charge in [0.2, 0.25) is 0 Å². The summed E-state index contributed by atoms with van der Waals surface area (Å²) in [7, 11) is 1.68. The van der Waals surface area contributed by atoms with Gasteiger partial charge in [-0.15, -0.1) is 0 Å². The van der Waals surface area contributed by atoms with E-state index in [4.69, 9.17) is 10.5 Å². The van der Waals surface area contributed by atoms with Crippen molar-refractivity contribution in [2.45, 2.75) is 20.3 Å². The zero-order valence-corrected chi connectivity index (χ0v) is 13.0. The average Bonchev–Trinajstić information content (AvgIpc) is 2.49. The van der Waals surface area contributed by atoms with Crippen LogP contribution in [0.1, 0.15) is 36.2 Å². The van der Waals surface area contributed by atoms with Crippen molar-refractivity contribution >= 4 is 5.91 Å². The number of methoxy groups -OCH3 is 1. The van der Waals surface area contributed by atoms with E-state index in [1.807, 2.05) is 12.1 Å². The highest BCUT2D eigenvalue weighted by molar-refractivity contribution is 5.94. The fourth-order valence-electron chi connectivity index (χ4n) is 1.75. The second-order valence-corrected chi connectivity index (χ2v) is 5.67. The van der Waals surface area contributed by atoms with Crippen LogP contribution in [0.3, 0.4) is 0 Å². The predicted octanol–water partition coefficient (Wildman–Crippen LogP) is 1.79. The summed E-state index contributed by atoms with van der Waals surface area (Å²) in [5, 5.41) is 2.96. The molecular formula is C17H24N2O2. The number of nitrogens with two attached hydrogens (primary N) is 1. The summed E-state index contributed by atoms with van der Waals surface area (Å²) in [6.45, 7) is 5.86. The number of hydrogen-bond acceptors (Lipinski definition) is 3. The lowest BCUT2D eigenvalue weighted by atomic mass is 9.89. The zero-order chi connectivity index (χ0) is 15.7. The third-order valence-electron chi connectivity index (χ3n) is 3.19. The summed E-state index contributed by atoms with van der Waals surface area (Å²) in [4.78, 5) is 12.1. The summed E-state index contributed by atoms with van der Waals surface area (Å²) < 4.78 is 5.08. The van der Waals surface area contributed by atoms with Gasteiger partial charge in [-0.25, -0.2) is 0 Å². The molecule has 4 heteroatoms. The summed E-state index contributed by atoms with van der Waals surface area (Å²) in [6.07, 6.45) is 0.900. The second-order valence-electron chi connectivity index (χ2n) is 5.67. The number of carbonyl (C=O) groups is 1. The third-order valence-corrected chi connectivity index (χ3v) is 3.19. The molecule has 0 aliphatic heterocycles. The molecule has 21 heavy (non-hydrogen) atoms. The quantitative estimate of drug-likeness (QED) is 0.784. The van der Waals surface area contributed by atoms with Crippen molar-refractivity contribution in [3.05, 3.63) is 35.4 Å². The van der Waals surface area contributed by atoms with Crippen molar-refractivity contribution in [2.24, 2.45) is 11.1 Å². The summed E-state index contributed by atoms with van der Waals surface area (Å²) in [5.74, 6) is 5.64. The van der Waals surface area contributed by atoms with Crippen LogP contribution in [0.4, 0.5) is 0 Å². The van der Waals surface area contributed by atoms with Gasteiger partial charge in [0.25, 0.3) is 5.91 Å². The normalized spacial score (nSPS) is 10.7. The maximum Gasteiger partial charge on any atom is 0.251 e. The highest BCUT2D eigenvalue weighted by Crippen LogP contribution is 2.18. The number of carbonyl (C=O) groups excluding carboxylic acids is 1. The molecule has 0 unspecified atom stereocenters. The fraction of sp³-hybridized carbons (Fsp3) is 0.471. The SMILES string of the molecule is COCCC(C)(C)CNC(=O)c1ccc(C#CCN)cc1. The van der Waals surface area contributed by atoms with Crippen LogP contribution >= 0.6 is 0 Å². The molecule has 0 spiro atoms. The van der Waals surface area contributed by atoms with E-state index < -0.39 is 0 Å². The summed E-state index contributed by atoms with van der Waals surface area (Å²) in [5.41, 5.74) is 6.83. The Bertz CT molecular complexity index is 510.